The second-order valence-electron chi connectivity index (χ2n) is 13.7. The Morgan fingerprint density at radius 2 is 1.30 bits per heavy atom. The maximum atomic E-state index is 2.80. The Bertz CT molecular complexity index is 618. The van der Waals surface area contributed by atoms with Gasteiger partial charge in [0.15, 0.2) is 0 Å². The van der Waals surface area contributed by atoms with Crippen LogP contribution in [0.15, 0.2) is 0 Å². The smallest absolute Gasteiger partial charge is 0.0235 e. The van der Waals surface area contributed by atoms with Crippen LogP contribution in [0.4, 0.5) is 0 Å². The van der Waals surface area contributed by atoms with Crippen LogP contribution in [0.5, 0.6) is 0 Å². The number of rotatable bonds is 0. The summed E-state index contributed by atoms with van der Waals surface area (Å²) in [5.41, 5.74) is 3.08. The first-order valence-electron chi connectivity index (χ1n) is 12.6. The summed E-state index contributed by atoms with van der Waals surface area (Å²) < 4.78 is 0. The van der Waals surface area contributed by atoms with Gasteiger partial charge >= 0.3 is 0 Å². The van der Waals surface area contributed by atoms with Gasteiger partial charge in [-0.15, -0.1) is 0 Å². The predicted molar refractivity (Wildman–Crippen MR) is 116 cm³/mol. The van der Waals surface area contributed by atoms with Crippen molar-refractivity contribution >= 4 is 0 Å². The Morgan fingerprint density at radius 1 is 0.519 bits per heavy atom. The third kappa shape index (κ3) is 2.23. The Hall–Kier alpha value is 0. The van der Waals surface area contributed by atoms with Crippen LogP contribution in [0.1, 0.15) is 119 Å². The highest BCUT2D eigenvalue weighted by atomic mass is 14.7. The van der Waals surface area contributed by atoms with Crippen molar-refractivity contribution in [1.82, 2.24) is 0 Å². The Morgan fingerprint density at radius 3 is 2.07 bits per heavy atom. The molecule has 0 radical (unpaired) electrons. The van der Waals surface area contributed by atoms with Gasteiger partial charge in [0, 0.05) is 0 Å². The molecule has 8 atom stereocenters. The van der Waals surface area contributed by atoms with Crippen LogP contribution < -0.4 is 0 Å². The van der Waals surface area contributed by atoms with Crippen LogP contribution in [0.3, 0.4) is 0 Å². The predicted octanol–water partition coefficient (Wildman–Crippen LogP) is 8.25. The lowest BCUT2D eigenvalue weighted by molar-refractivity contribution is -0.232. The van der Waals surface area contributed by atoms with Gasteiger partial charge in [0.05, 0.1) is 0 Å². The molecule has 5 saturated carbocycles. The van der Waals surface area contributed by atoms with Crippen LogP contribution >= 0.6 is 0 Å². The molecule has 0 saturated heterocycles. The van der Waals surface area contributed by atoms with Crippen LogP contribution in [-0.2, 0) is 0 Å². The normalized spacial score (nSPS) is 59.3. The van der Waals surface area contributed by atoms with Gasteiger partial charge in [0.1, 0.15) is 0 Å². The summed E-state index contributed by atoms with van der Waals surface area (Å²) in [4.78, 5) is 0. The minimum absolute atomic E-state index is 0.572. The molecule has 5 aliphatic rings. The van der Waals surface area contributed by atoms with E-state index in [0.29, 0.717) is 27.1 Å². The fraction of sp³-hybridized carbons (Fsp3) is 1.00. The van der Waals surface area contributed by atoms with E-state index in [4.69, 9.17) is 0 Å². The lowest BCUT2D eigenvalue weighted by Gasteiger charge is -2.72. The molecule has 0 aromatic carbocycles. The molecule has 0 aliphatic heterocycles. The maximum Gasteiger partial charge on any atom is -0.0235 e. The van der Waals surface area contributed by atoms with Crippen molar-refractivity contribution < 1.29 is 0 Å². The Labute approximate surface area is 169 Å². The van der Waals surface area contributed by atoms with Crippen molar-refractivity contribution in [2.45, 2.75) is 119 Å². The molecular weight excluding hydrogens is 324 g/mol. The molecule has 0 heterocycles. The highest BCUT2D eigenvalue weighted by Crippen LogP contribution is 2.76. The molecule has 0 spiro atoms. The van der Waals surface area contributed by atoms with Gasteiger partial charge in [-0.25, -0.2) is 0 Å². The zero-order valence-corrected chi connectivity index (χ0v) is 19.3. The monoisotopic (exact) mass is 370 g/mol. The molecule has 0 aromatic rings. The first kappa shape index (κ1) is 19.0. The van der Waals surface area contributed by atoms with Crippen LogP contribution in [0, 0.1) is 50.7 Å². The van der Waals surface area contributed by atoms with Gasteiger partial charge < -0.3 is 0 Å². The van der Waals surface area contributed by atoms with Crippen LogP contribution in [-0.4, -0.2) is 0 Å². The molecular formula is C27H46. The standard InChI is InChI=1S/C27H46/c1-23(2)13-8-15-25(4)21(23)12-16-27(6)22(25)11-10-20-19-9-7-14-24(19,3)17-18-26(20,27)5/h19-22H,7-18H2,1-6H3/t19-,20+,21+,22-,24+,25+,26-,27-/m1/s1. The first-order valence-corrected chi connectivity index (χ1v) is 12.6. The van der Waals surface area contributed by atoms with Gasteiger partial charge in [-0.1, -0.05) is 54.4 Å². The van der Waals surface area contributed by atoms with Crippen molar-refractivity contribution in [2.24, 2.45) is 50.7 Å². The Kier molecular flexibility index (Phi) is 3.92. The minimum atomic E-state index is 0.572. The summed E-state index contributed by atoms with van der Waals surface area (Å²) in [6.07, 6.45) is 18.3. The molecule has 0 N–H and O–H groups in total. The number of hydrogen-bond donors (Lipinski definition) is 0. The van der Waals surface area contributed by atoms with E-state index >= 15 is 0 Å². The quantitative estimate of drug-likeness (QED) is 0.402. The van der Waals surface area contributed by atoms with E-state index in [0.717, 1.165) is 23.7 Å². The third-order valence-electron chi connectivity index (χ3n) is 12.5. The Balaban J connectivity index is 1.54. The van der Waals surface area contributed by atoms with Gasteiger partial charge in [-0.2, -0.15) is 0 Å². The average molecular weight is 371 g/mol. The van der Waals surface area contributed by atoms with E-state index < -0.39 is 0 Å². The molecule has 154 valence electrons. The summed E-state index contributed by atoms with van der Waals surface area (Å²) in [6, 6.07) is 0. The maximum absolute atomic E-state index is 2.80. The molecule has 5 fully saturated rings. The second-order valence-corrected chi connectivity index (χ2v) is 13.7. The summed E-state index contributed by atoms with van der Waals surface area (Å²) >= 11 is 0. The van der Waals surface area contributed by atoms with Crippen LogP contribution in [0.2, 0.25) is 0 Å². The average Bonchev–Trinajstić information content (AvgIpc) is 2.97. The molecule has 5 aliphatic carbocycles. The van der Waals surface area contributed by atoms with Crippen molar-refractivity contribution in [3.8, 4) is 0 Å². The van der Waals surface area contributed by atoms with Gasteiger partial charge in [0.25, 0.3) is 0 Å². The summed E-state index contributed by atoms with van der Waals surface area (Å²) in [5, 5.41) is 0. The molecule has 0 aromatic heterocycles. The van der Waals surface area contributed by atoms with E-state index in [2.05, 4.69) is 41.5 Å². The van der Waals surface area contributed by atoms with Crippen LogP contribution in [0.25, 0.3) is 0 Å². The summed E-state index contributed by atoms with van der Waals surface area (Å²) in [5.74, 6) is 4.02. The molecule has 0 amide bonds. The third-order valence-corrected chi connectivity index (χ3v) is 12.5. The topological polar surface area (TPSA) is 0 Å². The van der Waals surface area contributed by atoms with Gasteiger partial charge in [-0.3, -0.25) is 0 Å². The van der Waals surface area contributed by atoms with Gasteiger partial charge in [-0.05, 0) is 115 Å². The number of fused-ring (bicyclic) bond motifs is 7. The zero-order valence-electron chi connectivity index (χ0n) is 19.3. The second kappa shape index (κ2) is 5.57. The summed E-state index contributed by atoms with van der Waals surface area (Å²) in [7, 11) is 0. The molecule has 5 rings (SSSR count). The van der Waals surface area contributed by atoms with Crippen molar-refractivity contribution in [1.29, 1.82) is 0 Å². The summed E-state index contributed by atoms with van der Waals surface area (Å²) in [6.45, 7) is 16.2. The van der Waals surface area contributed by atoms with E-state index in [9.17, 15) is 0 Å². The fourth-order valence-electron chi connectivity index (χ4n) is 11.0. The van der Waals surface area contributed by atoms with Crippen molar-refractivity contribution in [2.75, 3.05) is 0 Å². The zero-order chi connectivity index (χ0) is 19.3. The van der Waals surface area contributed by atoms with Gasteiger partial charge in [0.2, 0.25) is 0 Å². The number of hydrogen-bond acceptors (Lipinski definition) is 0. The van der Waals surface area contributed by atoms with E-state index in [1.54, 1.807) is 19.3 Å². The van der Waals surface area contributed by atoms with Crippen molar-refractivity contribution in [3.63, 3.8) is 0 Å². The molecule has 0 unspecified atom stereocenters. The lowest BCUT2D eigenvalue weighted by atomic mass is 9.33. The molecule has 0 heteroatoms. The lowest BCUT2D eigenvalue weighted by Crippen LogP contribution is -2.64. The van der Waals surface area contributed by atoms with E-state index in [1.165, 1.54) is 57.8 Å². The van der Waals surface area contributed by atoms with E-state index in [1.807, 2.05) is 0 Å². The molecule has 0 bridgehead atoms. The SMILES string of the molecule is CC1(C)CCC[C@]2(C)[C@H]3CC[C@H]4[C@H]5CCC[C@@]5(C)CC[C@@]4(C)[C@]3(C)CC[C@@H]12. The molecule has 0 nitrogen and oxygen atoms in total. The minimum Gasteiger partial charge on any atom is -0.0596 e. The van der Waals surface area contributed by atoms with E-state index in [-0.39, 0.29) is 0 Å². The highest BCUT2D eigenvalue weighted by Gasteiger charge is 2.68. The fourth-order valence-corrected chi connectivity index (χ4v) is 11.0. The highest BCUT2D eigenvalue weighted by molar-refractivity contribution is 5.17. The van der Waals surface area contributed by atoms with Crippen molar-refractivity contribution in [3.05, 3.63) is 0 Å². The first-order chi connectivity index (χ1) is 12.6. The molecule has 27 heavy (non-hydrogen) atoms. The largest absolute Gasteiger partial charge is 0.0596 e.